The van der Waals surface area contributed by atoms with Gasteiger partial charge in [0, 0.05) is 17.3 Å². The van der Waals surface area contributed by atoms with Crippen LogP contribution in [0.5, 0.6) is 0 Å². The van der Waals surface area contributed by atoms with Crippen LogP contribution in [0.4, 0.5) is 0 Å². The monoisotopic (exact) mass is 257 g/mol. The molecule has 2 aromatic heterocycles. The van der Waals surface area contributed by atoms with Crippen LogP contribution in [0.3, 0.4) is 0 Å². The van der Waals surface area contributed by atoms with Crippen LogP contribution in [0, 0.1) is 6.92 Å². The molecule has 0 N–H and O–H groups in total. The first kappa shape index (κ1) is 11.2. The van der Waals surface area contributed by atoms with Crippen molar-refractivity contribution in [3.63, 3.8) is 0 Å². The smallest absolute Gasteiger partial charge is 0.177 e. The van der Waals surface area contributed by atoms with Crippen molar-refractivity contribution in [3.05, 3.63) is 59.0 Å². The van der Waals surface area contributed by atoms with Crippen molar-refractivity contribution in [2.45, 2.75) is 13.5 Å². The number of aryl methyl sites for hydroxylation is 1. The summed E-state index contributed by atoms with van der Waals surface area (Å²) in [5.41, 5.74) is 3.97. The average molecular weight is 258 g/mol. The second kappa shape index (κ2) is 4.42. The van der Waals surface area contributed by atoms with E-state index in [2.05, 4.69) is 26.7 Å². The zero-order chi connectivity index (χ0) is 12.5. The fourth-order valence-corrected chi connectivity index (χ4v) is 2.21. The van der Waals surface area contributed by atoms with E-state index in [4.69, 9.17) is 11.6 Å². The molecule has 0 fully saturated rings. The molecule has 3 nitrogen and oxygen atoms in total. The fraction of sp³-hybridized carbons (Fsp3) is 0.143. The third-order valence-electron chi connectivity index (χ3n) is 2.86. The zero-order valence-electron chi connectivity index (χ0n) is 9.97. The summed E-state index contributed by atoms with van der Waals surface area (Å²) in [6.07, 6.45) is 1.82. The molecule has 18 heavy (non-hydrogen) atoms. The SMILES string of the molecule is Cc1ccc2c(ncn2Cc2cccc(Cl)c2)n1. The average Bonchev–Trinajstić information content (AvgIpc) is 2.72. The minimum absolute atomic E-state index is 0.752. The van der Waals surface area contributed by atoms with E-state index in [1.807, 2.05) is 37.5 Å². The molecule has 3 rings (SSSR count). The predicted octanol–water partition coefficient (Wildman–Crippen LogP) is 3.44. The quantitative estimate of drug-likeness (QED) is 0.704. The van der Waals surface area contributed by atoms with Crippen molar-refractivity contribution in [1.29, 1.82) is 0 Å². The van der Waals surface area contributed by atoms with Gasteiger partial charge in [-0.05, 0) is 36.8 Å². The topological polar surface area (TPSA) is 30.7 Å². The van der Waals surface area contributed by atoms with Gasteiger partial charge < -0.3 is 4.57 Å². The molecule has 0 radical (unpaired) electrons. The molecular weight excluding hydrogens is 246 g/mol. The van der Waals surface area contributed by atoms with Crippen LogP contribution in [0.2, 0.25) is 5.02 Å². The lowest BCUT2D eigenvalue weighted by atomic mass is 10.2. The van der Waals surface area contributed by atoms with Gasteiger partial charge in [0.2, 0.25) is 0 Å². The zero-order valence-corrected chi connectivity index (χ0v) is 10.7. The van der Waals surface area contributed by atoms with E-state index in [-0.39, 0.29) is 0 Å². The standard InChI is InChI=1S/C14H12ClN3/c1-10-5-6-13-14(17-10)16-9-18(13)8-11-3-2-4-12(15)7-11/h2-7,9H,8H2,1H3. The van der Waals surface area contributed by atoms with Crippen LogP contribution in [-0.4, -0.2) is 14.5 Å². The Hall–Kier alpha value is -1.87. The molecule has 1 aromatic carbocycles. The number of aromatic nitrogens is 3. The highest BCUT2D eigenvalue weighted by molar-refractivity contribution is 6.30. The molecule has 0 aliphatic heterocycles. The number of pyridine rings is 1. The van der Waals surface area contributed by atoms with Crippen molar-refractivity contribution in [1.82, 2.24) is 14.5 Å². The summed E-state index contributed by atoms with van der Waals surface area (Å²) in [6, 6.07) is 11.9. The van der Waals surface area contributed by atoms with Crippen molar-refractivity contribution in [2.24, 2.45) is 0 Å². The molecular formula is C14H12ClN3. The summed E-state index contributed by atoms with van der Waals surface area (Å²) in [4.78, 5) is 8.71. The molecule has 3 aromatic rings. The van der Waals surface area contributed by atoms with E-state index >= 15 is 0 Å². The lowest BCUT2D eigenvalue weighted by Gasteiger charge is -2.04. The first-order valence-corrected chi connectivity index (χ1v) is 6.13. The van der Waals surface area contributed by atoms with E-state index in [0.29, 0.717) is 0 Å². The van der Waals surface area contributed by atoms with Gasteiger partial charge in [-0.1, -0.05) is 23.7 Å². The number of imidazole rings is 1. The highest BCUT2D eigenvalue weighted by Gasteiger charge is 2.04. The van der Waals surface area contributed by atoms with Gasteiger partial charge in [-0.15, -0.1) is 0 Å². The first-order valence-electron chi connectivity index (χ1n) is 5.75. The third-order valence-corrected chi connectivity index (χ3v) is 3.10. The summed E-state index contributed by atoms with van der Waals surface area (Å²) in [7, 11) is 0. The third kappa shape index (κ3) is 2.09. The molecule has 0 spiro atoms. The highest BCUT2D eigenvalue weighted by atomic mass is 35.5. The molecule has 2 heterocycles. The first-order chi connectivity index (χ1) is 8.72. The second-order valence-electron chi connectivity index (χ2n) is 4.30. The number of nitrogens with zero attached hydrogens (tertiary/aromatic N) is 3. The maximum Gasteiger partial charge on any atom is 0.177 e. The molecule has 0 saturated carbocycles. The minimum Gasteiger partial charge on any atom is -0.325 e. The summed E-state index contributed by atoms with van der Waals surface area (Å²) in [5.74, 6) is 0. The van der Waals surface area contributed by atoms with E-state index in [1.165, 1.54) is 0 Å². The van der Waals surface area contributed by atoms with Gasteiger partial charge in [0.1, 0.15) is 0 Å². The molecule has 0 saturated heterocycles. The van der Waals surface area contributed by atoms with Crippen molar-refractivity contribution < 1.29 is 0 Å². The Kier molecular flexibility index (Phi) is 2.76. The number of fused-ring (bicyclic) bond motifs is 1. The predicted molar refractivity (Wildman–Crippen MR) is 72.8 cm³/mol. The summed E-state index contributed by atoms with van der Waals surface area (Å²) >= 11 is 5.99. The Balaban J connectivity index is 2.00. The molecule has 0 bridgehead atoms. The normalized spacial score (nSPS) is 11.0. The van der Waals surface area contributed by atoms with Crippen LogP contribution in [0.25, 0.3) is 11.2 Å². The lowest BCUT2D eigenvalue weighted by Crippen LogP contribution is -1.98. The van der Waals surface area contributed by atoms with Gasteiger partial charge in [0.25, 0.3) is 0 Å². The molecule has 90 valence electrons. The number of hydrogen-bond donors (Lipinski definition) is 0. The van der Waals surface area contributed by atoms with E-state index in [9.17, 15) is 0 Å². The molecule has 0 aliphatic rings. The Morgan fingerprint density at radius 2 is 2.11 bits per heavy atom. The molecule has 0 unspecified atom stereocenters. The van der Waals surface area contributed by atoms with Crippen LogP contribution >= 0.6 is 11.6 Å². The Morgan fingerprint density at radius 3 is 2.94 bits per heavy atom. The Bertz CT molecular complexity index is 703. The molecule has 0 aliphatic carbocycles. The minimum atomic E-state index is 0.752. The summed E-state index contributed by atoms with van der Waals surface area (Å²) in [6.45, 7) is 2.72. The Labute approximate surface area is 110 Å². The Morgan fingerprint density at radius 1 is 1.22 bits per heavy atom. The molecule has 0 atom stereocenters. The van der Waals surface area contributed by atoms with E-state index < -0.39 is 0 Å². The number of hydrogen-bond acceptors (Lipinski definition) is 2. The maximum atomic E-state index is 5.99. The summed E-state index contributed by atoms with van der Waals surface area (Å²) < 4.78 is 2.08. The number of benzene rings is 1. The highest BCUT2D eigenvalue weighted by Crippen LogP contribution is 2.16. The van der Waals surface area contributed by atoms with E-state index in [0.717, 1.165) is 34.0 Å². The van der Waals surface area contributed by atoms with Gasteiger partial charge in [-0.25, -0.2) is 9.97 Å². The van der Waals surface area contributed by atoms with Gasteiger partial charge in [0.05, 0.1) is 11.8 Å². The number of halogens is 1. The molecule has 0 amide bonds. The van der Waals surface area contributed by atoms with Crippen LogP contribution in [0.15, 0.2) is 42.7 Å². The second-order valence-corrected chi connectivity index (χ2v) is 4.73. The van der Waals surface area contributed by atoms with Crippen molar-refractivity contribution in [2.75, 3.05) is 0 Å². The fourth-order valence-electron chi connectivity index (χ4n) is 2.00. The summed E-state index contributed by atoms with van der Waals surface area (Å²) in [5, 5.41) is 0.755. The van der Waals surface area contributed by atoms with Crippen LogP contribution < -0.4 is 0 Å². The van der Waals surface area contributed by atoms with Crippen LogP contribution in [0.1, 0.15) is 11.3 Å². The molecule has 4 heteroatoms. The van der Waals surface area contributed by atoms with Crippen molar-refractivity contribution in [3.8, 4) is 0 Å². The lowest BCUT2D eigenvalue weighted by molar-refractivity contribution is 0.824. The van der Waals surface area contributed by atoms with Gasteiger partial charge in [-0.3, -0.25) is 0 Å². The van der Waals surface area contributed by atoms with E-state index in [1.54, 1.807) is 0 Å². The van der Waals surface area contributed by atoms with Crippen LogP contribution in [-0.2, 0) is 6.54 Å². The van der Waals surface area contributed by atoms with Gasteiger partial charge >= 0.3 is 0 Å². The maximum absolute atomic E-state index is 5.99. The number of rotatable bonds is 2. The largest absolute Gasteiger partial charge is 0.325 e. The van der Waals surface area contributed by atoms with Gasteiger partial charge in [0.15, 0.2) is 5.65 Å². The van der Waals surface area contributed by atoms with Gasteiger partial charge in [-0.2, -0.15) is 0 Å². The van der Waals surface area contributed by atoms with Crippen molar-refractivity contribution >= 4 is 22.8 Å².